The lowest BCUT2D eigenvalue weighted by Crippen LogP contribution is -2.15. The molecule has 0 aliphatic carbocycles. The normalized spacial score (nSPS) is 14.0. The van der Waals surface area contributed by atoms with Crippen LogP contribution in [0.15, 0.2) is 29.2 Å². The molecule has 78 valence electrons. The summed E-state index contributed by atoms with van der Waals surface area (Å²) in [7, 11) is 0. The Balaban J connectivity index is 2.99. The summed E-state index contributed by atoms with van der Waals surface area (Å²) < 4.78 is 21.3. The highest BCUT2D eigenvalue weighted by Gasteiger charge is 2.17. The Kier molecular flexibility index (Phi) is 3.45. The van der Waals surface area contributed by atoms with Gasteiger partial charge in [0.2, 0.25) is 0 Å². The van der Waals surface area contributed by atoms with E-state index in [1.165, 1.54) is 5.56 Å². The van der Waals surface area contributed by atoms with Crippen LogP contribution in [-0.4, -0.2) is 8.76 Å². The predicted octanol–water partition coefficient (Wildman–Crippen LogP) is 2.61. The molecule has 0 radical (unpaired) electrons. The van der Waals surface area contributed by atoms with E-state index >= 15 is 0 Å². The zero-order valence-electron chi connectivity index (χ0n) is 8.74. The zero-order chi connectivity index (χ0) is 10.8. The smallest absolute Gasteiger partial charge is 0.0248 e. The number of hydrogen-bond acceptors (Lipinski definition) is 2. The van der Waals surface area contributed by atoms with Gasteiger partial charge in [0, 0.05) is 4.90 Å². The highest BCUT2D eigenvalue weighted by molar-refractivity contribution is 7.79. The van der Waals surface area contributed by atoms with E-state index in [9.17, 15) is 8.76 Å². The highest BCUT2D eigenvalue weighted by Crippen LogP contribution is 2.26. The number of hydrogen-bond donors (Lipinski definition) is 0. The minimum Gasteiger partial charge on any atom is -0.768 e. The summed E-state index contributed by atoms with van der Waals surface area (Å²) in [6.45, 7) is 6.42. The van der Waals surface area contributed by atoms with Crippen LogP contribution in [0.3, 0.4) is 0 Å². The molecule has 0 bridgehead atoms. The molecule has 0 amide bonds. The largest absolute Gasteiger partial charge is 0.768 e. The van der Waals surface area contributed by atoms with Crippen molar-refractivity contribution in [3.63, 3.8) is 0 Å². The fourth-order valence-electron chi connectivity index (χ4n) is 1.22. The first kappa shape index (κ1) is 11.4. The predicted molar refractivity (Wildman–Crippen MR) is 56.9 cm³/mol. The highest BCUT2D eigenvalue weighted by atomic mass is 32.2. The third-order valence-electron chi connectivity index (χ3n) is 2.71. The van der Waals surface area contributed by atoms with Crippen LogP contribution in [0.1, 0.15) is 32.8 Å². The molecule has 1 aromatic rings. The molecular weight excluding hydrogens is 196 g/mol. The molecule has 0 saturated carbocycles. The average Bonchev–Trinajstić information content (AvgIpc) is 2.18. The van der Waals surface area contributed by atoms with Crippen molar-refractivity contribution in [2.75, 3.05) is 0 Å². The van der Waals surface area contributed by atoms with Gasteiger partial charge < -0.3 is 4.55 Å². The quantitative estimate of drug-likeness (QED) is 0.721. The Hall–Kier alpha value is -0.670. The van der Waals surface area contributed by atoms with Gasteiger partial charge in [-0.15, -0.1) is 0 Å². The number of benzene rings is 1. The minimum absolute atomic E-state index is 0.114. The Bertz CT molecular complexity index is 328. The lowest BCUT2D eigenvalue weighted by atomic mass is 9.82. The van der Waals surface area contributed by atoms with Gasteiger partial charge in [0.05, 0.1) is 0 Å². The van der Waals surface area contributed by atoms with Crippen molar-refractivity contribution in [2.45, 2.75) is 37.5 Å². The molecular formula is C11H15O2S-. The molecule has 0 heterocycles. The summed E-state index contributed by atoms with van der Waals surface area (Å²) in [6, 6.07) is 7.06. The van der Waals surface area contributed by atoms with Crippen molar-refractivity contribution in [1.82, 2.24) is 0 Å². The van der Waals surface area contributed by atoms with Crippen molar-refractivity contribution < 1.29 is 8.76 Å². The number of rotatable bonds is 3. The zero-order valence-corrected chi connectivity index (χ0v) is 9.56. The maximum Gasteiger partial charge on any atom is 0.0248 e. The van der Waals surface area contributed by atoms with Crippen LogP contribution in [-0.2, 0) is 16.5 Å². The maximum atomic E-state index is 10.6. The van der Waals surface area contributed by atoms with E-state index in [4.69, 9.17) is 0 Å². The second kappa shape index (κ2) is 4.24. The van der Waals surface area contributed by atoms with Crippen molar-refractivity contribution in [1.29, 1.82) is 0 Å². The van der Waals surface area contributed by atoms with E-state index in [0.717, 1.165) is 6.42 Å². The van der Waals surface area contributed by atoms with E-state index < -0.39 is 11.1 Å². The third-order valence-corrected chi connectivity index (χ3v) is 3.37. The lowest BCUT2D eigenvalue weighted by molar-refractivity contribution is 0.505. The van der Waals surface area contributed by atoms with Gasteiger partial charge in [-0.3, -0.25) is 4.21 Å². The van der Waals surface area contributed by atoms with Crippen LogP contribution in [0.4, 0.5) is 0 Å². The van der Waals surface area contributed by atoms with Gasteiger partial charge in [-0.25, -0.2) is 0 Å². The van der Waals surface area contributed by atoms with E-state index in [2.05, 4.69) is 20.8 Å². The third kappa shape index (κ3) is 2.42. The molecule has 3 heteroatoms. The summed E-state index contributed by atoms with van der Waals surface area (Å²) in [4.78, 5) is 0.348. The van der Waals surface area contributed by atoms with Gasteiger partial charge in [0.15, 0.2) is 0 Å². The fourth-order valence-corrected chi connectivity index (χ4v) is 1.58. The van der Waals surface area contributed by atoms with Crippen LogP contribution in [0.5, 0.6) is 0 Å². The summed E-state index contributed by atoms with van der Waals surface area (Å²) in [5, 5.41) is 0. The molecule has 0 aromatic heterocycles. The van der Waals surface area contributed by atoms with Crippen molar-refractivity contribution in [3.05, 3.63) is 29.8 Å². The van der Waals surface area contributed by atoms with Gasteiger partial charge in [0.1, 0.15) is 0 Å². The van der Waals surface area contributed by atoms with Crippen LogP contribution in [0.25, 0.3) is 0 Å². The molecule has 1 aromatic carbocycles. The second-order valence-electron chi connectivity index (χ2n) is 4.00. The summed E-state index contributed by atoms with van der Waals surface area (Å²) in [5.41, 5.74) is 1.29. The molecule has 0 N–H and O–H groups in total. The lowest BCUT2D eigenvalue weighted by Gasteiger charge is -2.23. The van der Waals surface area contributed by atoms with Crippen molar-refractivity contribution in [3.8, 4) is 0 Å². The van der Waals surface area contributed by atoms with Gasteiger partial charge in [-0.2, -0.15) is 0 Å². The summed E-state index contributed by atoms with van der Waals surface area (Å²) in [6.07, 6.45) is 1.03. The molecule has 1 atom stereocenters. The topological polar surface area (TPSA) is 40.1 Å². The molecule has 0 aliphatic rings. The van der Waals surface area contributed by atoms with Crippen LogP contribution in [0.2, 0.25) is 0 Å². The SMILES string of the molecule is CCC(C)(C)c1ccc(S(=O)[O-])cc1. The second-order valence-corrected chi connectivity index (χ2v) is 4.94. The van der Waals surface area contributed by atoms with Crippen molar-refractivity contribution in [2.24, 2.45) is 0 Å². The maximum absolute atomic E-state index is 10.6. The van der Waals surface area contributed by atoms with Crippen LogP contribution < -0.4 is 0 Å². The Labute approximate surface area is 87.6 Å². The van der Waals surface area contributed by atoms with E-state index in [1.807, 2.05) is 12.1 Å². The minimum atomic E-state index is -2.12. The molecule has 0 fully saturated rings. The van der Waals surface area contributed by atoms with Gasteiger partial charge >= 0.3 is 0 Å². The molecule has 1 unspecified atom stereocenters. The molecule has 0 aliphatic heterocycles. The Morgan fingerprint density at radius 2 is 1.79 bits per heavy atom. The first-order valence-electron chi connectivity index (χ1n) is 4.67. The summed E-state index contributed by atoms with van der Waals surface area (Å²) in [5.74, 6) is 0. The fraction of sp³-hybridized carbons (Fsp3) is 0.455. The standard InChI is InChI=1S/C11H16O2S/c1-4-11(2,3)9-5-7-10(8-6-9)14(12)13/h5-8H,4H2,1-3H3,(H,12,13)/p-1. The van der Waals surface area contributed by atoms with E-state index in [0.29, 0.717) is 4.90 Å². The van der Waals surface area contributed by atoms with Crippen molar-refractivity contribution >= 4 is 11.1 Å². The molecule has 1 rings (SSSR count). The van der Waals surface area contributed by atoms with Gasteiger partial charge in [0.25, 0.3) is 0 Å². The van der Waals surface area contributed by atoms with E-state index in [1.54, 1.807) is 12.1 Å². The van der Waals surface area contributed by atoms with Gasteiger partial charge in [-0.05, 0) is 40.6 Å². The monoisotopic (exact) mass is 211 g/mol. The molecule has 0 spiro atoms. The van der Waals surface area contributed by atoms with Gasteiger partial charge in [-0.1, -0.05) is 32.9 Å². The summed E-state index contributed by atoms with van der Waals surface area (Å²) >= 11 is -2.12. The van der Waals surface area contributed by atoms with E-state index in [-0.39, 0.29) is 5.41 Å². The Morgan fingerprint density at radius 3 is 2.14 bits per heavy atom. The molecule has 14 heavy (non-hydrogen) atoms. The first-order chi connectivity index (χ1) is 6.47. The molecule has 0 saturated heterocycles. The molecule has 2 nitrogen and oxygen atoms in total. The Morgan fingerprint density at radius 1 is 1.29 bits per heavy atom. The first-order valence-corrected chi connectivity index (χ1v) is 5.74. The average molecular weight is 211 g/mol. The van der Waals surface area contributed by atoms with Crippen LogP contribution in [0, 0.1) is 0 Å². The van der Waals surface area contributed by atoms with Crippen LogP contribution >= 0.6 is 0 Å².